The Bertz CT molecular complexity index is 1240. The van der Waals surface area contributed by atoms with E-state index in [1.807, 2.05) is 38.1 Å². The number of imidazole rings is 1. The van der Waals surface area contributed by atoms with Crippen LogP contribution in [0.5, 0.6) is 0 Å². The molecule has 0 fully saturated rings. The summed E-state index contributed by atoms with van der Waals surface area (Å²) in [5.74, 6) is 0.926. The summed E-state index contributed by atoms with van der Waals surface area (Å²) < 4.78 is 0. The third-order valence-corrected chi connectivity index (χ3v) is 6.55. The lowest BCUT2D eigenvalue weighted by Gasteiger charge is -2.31. The maximum atomic E-state index is 12.9. The van der Waals surface area contributed by atoms with Crippen LogP contribution in [0.25, 0.3) is 5.57 Å². The third kappa shape index (κ3) is 5.38. The molecule has 178 valence electrons. The predicted octanol–water partition coefficient (Wildman–Crippen LogP) is 6.61. The minimum atomic E-state index is -0.356. The molecule has 6 nitrogen and oxygen atoms in total. The van der Waals surface area contributed by atoms with Gasteiger partial charge in [-0.2, -0.15) is 0 Å². The second kappa shape index (κ2) is 9.09. The number of H-pyrrole nitrogens is 1. The Hall–Kier alpha value is -3.41. The first kappa shape index (κ1) is 23.7. The van der Waals surface area contributed by atoms with Gasteiger partial charge in [0.2, 0.25) is 0 Å². The molecule has 34 heavy (non-hydrogen) atoms. The Morgan fingerprint density at radius 2 is 1.94 bits per heavy atom. The van der Waals surface area contributed by atoms with Gasteiger partial charge in [-0.15, -0.1) is 0 Å². The number of hydrogen-bond acceptors (Lipinski definition) is 4. The molecule has 1 amide bonds. The van der Waals surface area contributed by atoms with E-state index in [1.165, 1.54) is 5.57 Å². The molecule has 0 bridgehead atoms. The first-order valence-electron chi connectivity index (χ1n) is 11.9. The highest BCUT2D eigenvalue weighted by molar-refractivity contribution is 6.03. The van der Waals surface area contributed by atoms with E-state index in [2.05, 4.69) is 71.5 Å². The molecule has 0 spiro atoms. The fourth-order valence-corrected chi connectivity index (χ4v) is 4.34. The van der Waals surface area contributed by atoms with Gasteiger partial charge in [-0.25, -0.2) is 9.97 Å². The second-order valence-corrected chi connectivity index (χ2v) is 10.6. The first-order chi connectivity index (χ1) is 16.0. The van der Waals surface area contributed by atoms with Crippen LogP contribution in [0.2, 0.25) is 0 Å². The fourth-order valence-electron chi connectivity index (χ4n) is 4.34. The van der Waals surface area contributed by atoms with Gasteiger partial charge in [0.1, 0.15) is 5.82 Å². The van der Waals surface area contributed by atoms with Crippen molar-refractivity contribution in [3.8, 4) is 0 Å². The number of carbonyl (C=O) groups excluding carboxylic acids is 1. The number of nitrogens with one attached hydrogen (secondary N) is 3. The molecule has 0 atom stereocenters. The van der Waals surface area contributed by atoms with E-state index in [-0.39, 0.29) is 11.4 Å². The van der Waals surface area contributed by atoms with Crippen LogP contribution in [0.3, 0.4) is 0 Å². The molecular formula is C28H35N5O. The van der Waals surface area contributed by atoms with E-state index in [4.69, 9.17) is 0 Å². The lowest BCUT2D eigenvalue weighted by atomic mass is 9.76. The Balaban J connectivity index is 1.69. The summed E-state index contributed by atoms with van der Waals surface area (Å²) in [5, 5.41) is 6.66. The van der Waals surface area contributed by atoms with Crippen molar-refractivity contribution in [1.29, 1.82) is 0 Å². The van der Waals surface area contributed by atoms with Gasteiger partial charge in [0.25, 0.3) is 5.91 Å². The topological polar surface area (TPSA) is 82.7 Å². The van der Waals surface area contributed by atoms with Crippen molar-refractivity contribution in [2.75, 3.05) is 10.6 Å². The standard InChI is InChI=1S/C28H35N5O/c1-18-8-7-9-24(30-18)33-28(5,6)21-10-11-23(32-26(34)25-29-17-19(2)31-25)22(16-21)20-12-14-27(3,4)15-13-20/h7-12,16-17H,13-15H2,1-6H3,(H,29,31)(H,30,33)(H,32,34). The second-order valence-electron chi connectivity index (χ2n) is 10.6. The molecule has 0 saturated carbocycles. The van der Waals surface area contributed by atoms with E-state index in [0.717, 1.165) is 53.3 Å². The molecule has 3 N–H and O–H groups in total. The third-order valence-electron chi connectivity index (χ3n) is 6.55. The van der Waals surface area contributed by atoms with E-state index >= 15 is 0 Å². The van der Waals surface area contributed by atoms with E-state index < -0.39 is 0 Å². The van der Waals surface area contributed by atoms with Crippen LogP contribution in [-0.4, -0.2) is 20.9 Å². The van der Waals surface area contributed by atoms with Crippen molar-refractivity contribution in [3.63, 3.8) is 0 Å². The minimum absolute atomic E-state index is 0.236. The van der Waals surface area contributed by atoms with Crippen LogP contribution in [0.15, 0.2) is 48.7 Å². The van der Waals surface area contributed by atoms with Crippen molar-refractivity contribution in [1.82, 2.24) is 15.0 Å². The zero-order valence-corrected chi connectivity index (χ0v) is 21.0. The quantitative estimate of drug-likeness (QED) is 0.389. The lowest BCUT2D eigenvalue weighted by molar-refractivity contribution is 0.101. The van der Waals surface area contributed by atoms with Crippen LogP contribution < -0.4 is 10.6 Å². The highest BCUT2D eigenvalue weighted by Gasteiger charge is 2.26. The van der Waals surface area contributed by atoms with Crippen LogP contribution >= 0.6 is 0 Å². The number of aryl methyl sites for hydroxylation is 2. The van der Waals surface area contributed by atoms with Crippen molar-refractivity contribution < 1.29 is 4.79 Å². The molecule has 6 heteroatoms. The summed E-state index contributed by atoms with van der Waals surface area (Å²) in [4.78, 5) is 24.7. The highest BCUT2D eigenvalue weighted by Crippen LogP contribution is 2.41. The molecule has 4 rings (SSSR count). The molecule has 1 aliphatic carbocycles. The van der Waals surface area contributed by atoms with Gasteiger partial charge in [0.15, 0.2) is 5.82 Å². The molecule has 0 saturated heterocycles. The zero-order valence-electron chi connectivity index (χ0n) is 21.0. The van der Waals surface area contributed by atoms with Crippen LogP contribution in [-0.2, 0) is 5.54 Å². The number of allylic oxidation sites excluding steroid dienone is 2. The normalized spacial score (nSPS) is 15.5. The average molecular weight is 458 g/mol. The Morgan fingerprint density at radius 1 is 1.15 bits per heavy atom. The number of nitrogens with zero attached hydrogens (tertiary/aromatic N) is 2. The molecule has 1 aliphatic rings. The van der Waals surface area contributed by atoms with Crippen molar-refractivity contribution in [3.05, 3.63) is 77.0 Å². The summed E-state index contributed by atoms with van der Waals surface area (Å²) in [6.45, 7) is 12.8. The Labute approximate surface area is 202 Å². The molecule has 3 aromatic rings. The van der Waals surface area contributed by atoms with E-state index in [1.54, 1.807) is 6.20 Å². The van der Waals surface area contributed by atoms with Crippen molar-refractivity contribution in [2.45, 2.75) is 66.3 Å². The summed E-state index contributed by atoms with van der Waals surface area (Å²) in [7, 11) is 0. The van der Waals surface area contributed by atoms with Gasteiger partial charge in [-0.1, -0.05) is 32.1 Å². The summed E-state index contributed by atoms with van der Waals surface area (Å²) >= 11 is 0. The number of anilines is 2. The predicted molar refractivity (Wildman–Crippen MR) is 139 cm³/mol. The van der Waals surface area contributed by atoms with Crippen LogP contribution in [0, 0.1) is 19.3 Å². The number of amides is 1. The zero-order chi connectivity index (χ0) is 24.5. The summed E-state index contributed by atoms with van der Waals surface area (Å²) in [5.41, 5.74) is 6.05. The van der Waals surface area contributed by atoms with E-state index in [9.17, 15) is 4.79 Å². The number of carbonyl (C=O) groups is 1. The molecule has 1 aromatic carbocycles. The van der Waals surface area contributed by atoms with Gasteiger partial charge >= 0.3 is 0 Å². The number of pyridine rings is 1. The van der Waals surface area contributed by atoms with Gasteiger partial charge in [-0.05, 0) is 87.8 Å². The Morgan fingerprint density at radius 3 is 2.59 bits per heavy atom. The number of benzene rings is 1. The van der Waals surface area contributed by atoms with Crippen molar-refractivity contribution in [2.24, 2.45) is 5.41 Å². The summed E-state index contributed by atoms with van der Waals surface area (Å²) in [6, 6.07) is 12.3. The van der Waals surface area contributed by atoms with Gasteiger partial charge in [0.05, 0.1) is 5.54 Å². The SMILES string of the molecule is Cc1cccc(NC(C)(C)c2ccc(NC(=O)c3ncc(C)[nH]3)c(C3=CCC(C)(C)CC3)c2)n1. The minimum Gasteiger partial charge on any atom is -0.361 e. The first-order valence-corrected chi connectivity index (χ1v) is 11.9. The molecule has 2 aromatic heterocycles. The van der Waals surface area contributed by atoms with Gasteiger partial charge in [0, 0.05) is 28.8 Å². The average Bonchev–Trinajstić information content (AvgIpc) is 3.20. The van der Waals surface area contributed by atoms with Gasteiger partial charge in [-0.3, -0.25) is 4.79 Å². The number of aromatic amines is 1. The number of aromatic nitrogens is 3. The molecule has 0 unspecified atom stereocenters. The number of hydrogen-bond donors (Lipinski definition) is 3. The monoisotopic (exact) mass is 457 g/mol. The summed E-state index contributed by atoms with van der Waals surface area (Å²) in [6.07, 6.45) is 7.11. The Kier molecular flexibility index (Phi) is 6.34. The van der Waals surface area contributed by atoms with Gasteiger partial charge < -0.3 is 15.6 Å². The maximum Gasteiger partial charge on any atom is 0.291 e. The molecule has 0 aliphatic heterocycles. The van der Waals surface area contributed by atoms with Crippen LogP contribution in [0.1, 0.15) is 80.1 Å². The smallest absolute Gasteiger partial charge is 0.291 e. The fraction of sp³-hybridized carbons (Fsp3) is 0.393. The number of rotatable bonds is 6. The van der Waals surface area contributed by atoms with E-state index in [0.29, 0.717) is 11.2 Å². The van der Waals surface area contributed by atoms with Crippen LogP contribution in [0.4, 0.5) is 11.5 Å². The highest BCUT2D eigenvalue weighted by atomic mass is 16.2. The largest absolute Gasteiger partial charge is 0.361 e. The molecular weight excluding hydrogens is 422 g/mol. The maximum absolute atomic E-state index is 12.9. The lowest BCUT2D eigenvalue weighted by Crippen LogP contribution is -2.29. The molecule has 0 radical (unpaired) electrons. The van der Waals surface area contributed by atoms with Crippen molar-refractivity contribution >= 4 is 23.0 Å². The molecule has 2 heterocycles.